The maximum absolute atomic E-state index is 13.3. The van der Waals surface area contributed by atoms with Crippen molar-refractivity contribution < 1.29 is 17.6 Å². The van der Waals surface area contributed by atoms with Crippen molar-refractivity contribution in [1.82, 2.24) is 25.5 Å². The predicted octanol–water partition coefficient (Wildman–Crippen LogP) is 0.197. The molecule has 0 aliphatic carbocycles. The molecule has 2 aromatic rings. The summed E-state index contributed by atoms with van der Waals surface area (Å²) in [6, 6.07) is 5.43. The molecule has 11 heteroatoms. The number of sulfone groups is 1. The first-order valence-electron chi connectivity index (χ1n) is 7.10. The number of carbonyl (C=O) groups is 1. The third-order valence-electron chi connectivity index (χ3n) is 3.42. The molecule has 2 heterocycles. The third kappa shape index (κ3) is 4.09. The molecule has 1 aliphatic rings. The standard InChI is InChI=1S/C13H14FN5O3S2/c14-9-2-1-3-11(6-9)19-13(16-17-18-19)23-7-12(20)15-10-4-5-24(21,22)8-10/h1-3,6,10H,4-5,7-8H2,(H,15,20)/t10-/m1/s1. The van der Waals surface area contributed by atoms with Crippen molar-refractivity contribution in [3.63, 3.8) is 0 Å². The minimum Gasteiger partial charge on any atom is -0.352 e. The highest BCUT2D eigenvalue weighted by atomic mass is 32.2. The molecule has 1 aromatic heterocycles. The Labute approximate surface area is 141 Å². The van der Waals surface area contributed by atoms with Crippen molar-refractivity contribution in [3.05, 3.63) is 30.1 Å². The van der Waals surface area contributed by atoms with Gasteiger partial charge in [-0.05, 0) is 35.0 Å². The first-order valence-corrected chi connectivity index (χ1v) is 9.90. The number of thioether (sulfide) groups is 1. The average Bonchev–Trinajstić information content (AvgIpc) is 3.11. The summed E-state index contributed by atoms with van der Waals surface area (Å²) in [5.74, 6) is -0.602. The van der Waals surface area contributed by atoms with Gasteiger partial charge in [-0.2, -0.15) is 4.68 Å². The summed E-state index contributed by atoms with van der Waals surface area (Å²) in [6.45, 7) is 0. The first-order chi connectivity index (χ1) is 11.4. The molecule has 3 rings (SSSR count). The zero-order valence-corrected chi connectivity index (χ0v) is 14.1. The van der Waals surface area contributed by atoms with Crippen LogP contribution < -0.4 is 5.32 Å². The van der Waals surface area contributed by atoms with Crippen molar-refractivity contribution in [2.75, 3.05) is 17.3 Å². The summed E-state index contributed by atoms with van der Waals surface area (Å²) < 4.78 is 37.4. The Morgan fingerprint density at radius 3 is 3.00 bits per heavy atom. The fraction of sp³-hybridized carbons (Fsp3) is 0.385. The number of hydrogen-bond acceptors (Lipinski definition) is 7. The summed E-state index contributed by atoms with van der Waals surface area (Å²) in [7, 11) is -3.04. The second-order valence-electron chi connectivity index (χ2n) is 5.31. The second kappa shape index (κ2) is 6.85. The van der Waals surface area contributed by atoms with Gasteiger partial charge < -0.3 is 5.32 Å². The highest BCUT2D eigenvalue weighted by Crippen LogP contribution is 2.19. The van der Waals surface area contributed by atoms with Gasteiger partial charge in [0.05, 0.1) is 22.9 Å². The summed E-state index contributed by atoms with van der Waals surface area (Å²) in [5, 5.41) is 14.2. The van der Waals surface area contributed by atoms with E-state index in [0.717, 1.165) is 11.8 Å². The van der Waals surface area contributed by atoms with Crippen LogP contribution in [0.5, 0.6) is 0 Å². The molecule has 8 nitrogen and oxygen atoms in total. The van der Waals surface area contributed by atoms with Crippen LogP contribution in [0.2, 0.25) is 0 Å². The number of hydrogen-bond donors (Lipinski definition) is 1. The molecule has 1 N–H and O–H groups in total. The highest BCUT2D eigenvalue weighted by Gasteiger charge is 2.28. The quantitative estimate of drug-likeness (QED) is 0.748. The van der Waals surface area contributed by atoms with Crippen LogP contribution in [0.4, 0.5) is 4.39 Å². The topological polar surface area (TPSA) is 107 Å². The smallest absolute Gasteiger partial charge is 0.230 e. The van der Waals surface area contributed by atoms with Crippen LogP contribution in [0, 0.1) is 5.82 Å². The second-order valence-corrected chi connectivity index (χ2v) is 8.48. The maximum Gasteiger partial charge on any atom is 0.230 e. The summed E-state index contributed by atoms with van der Waals surface area (Å²) in [4.78, 5) is 11.9. The fourth-order valence-electron chi connectivity index (χ4n) is 2.35. The van der Waals surface area contributed by atoms with Crippen molar-refractivity contribution in [3.8, 4) is 5.69 Å². The van der Waals surface area contributed by atoms with Crippen LogP contribution in [-0.2, 0) is 14.6 Å². The van der Waals surface area contributed by atoms with Gasteiger partial charge in [0.15, 0.2) is 9.84 Å². The lowest BCUT2D eigenvalue weighted by Gasteiger charge is -2.10. The van der Waals surface area contributed by atoms with Gasteiger partial charge in [-0.25, -0.2) is 12.8 Å². The van der Waals surface area contributed by atoms with E-state index in [2.05, 4.69) is 20.8 Å². The van der Waals surface area contributed by atoms with Crippen LogP contribution in [0.25, 0.3) is 5.69 Å². The minimum absolute atomic E-state index is 0.0234. The van der Waals surface area contributed by atoms with Gasteiger partial charge in [-0.15, -0.1) is 5.10 Å². The summed E-state index contributed by atoms with van der Waals surface area (Å²) in [5.41, 5.74) is 0.449. The molecule has 0 bridgehead atoms. The number of nitrogens with one attached hydrogen (secondary N) is 1. The Bertz CT molecular complexity index is 855. The third-order valence-corrected chi connectivity index (χ3v) is 6.11. The van der Waals surface area contributed by atoms with Crippen LogP contribution >= 0.6 is 11.8 Å². The molecule has 1 saturated heterocycles. The van der Waals surface area contributed by atoms with E-state index in [4.69, 9.17) is 0 Å². The van der Waals surface area contributed by atoms with Gasteiger partial charge in [0.2, 0.25) is 11.1 Å². The van der Waals surface area contributed by atoms with E-state index in [9.17, 15) is 17.6 Å². The Hall–Kier alpha value is -2.01. The van der Waals surface area contributed by atoms with Crippen LogP contribution in [-0.4, -0.2) is 57.8 Å². The highest BCUT2D eigenvalue weighted by molar-refractivity contribution is 7.99. The van der Waals surface area contributed by atoms with Gasteiger partial charge in [0.25, 0.3) is 0 Å². The van der Waals surface area contributed by atoms with Gasteiger partial charge in [-0.3, -0.25) is 4.79 Å². The normalized spacial score (nSPS) is 19.3. The maximum atomic E-state index is 13.3. The average molecular weight is 371 g/mol. The van der Waals surface area contributed by atoms with E-state index in [-0.39, 0.29) is 29.2 Å². The van der Waals surface area contributed by atoms with Gasteiger partial charge in [0.1, 0.15) is 5.82 Å². The van der Waals surface area contributed by atoms with Gasteiger partial charge in [0, 0.05) is 6.04 Å². The Kier molecular flexibility index (Phi) is 4.81. The van der Waals surface area contributed by atoms with Crippen LogP contribution in [0.15, 0.2) is 29.4 Å². The molecule has 0 radical (unpaired) electrons. The molecule has 1 amide bonds. The number of rotatable bonds is 5. The van der Waals surface area contributed by atoms with E-state index >= 15 is 0 Å². The Morgan fingerprint density at radius 2 is 2.29 bits per heavy atom. The lowest BCUT2D eigenvalue weighted by atomic mass is 10.3. The molecular formula is C13H14FN5O3S2. The van der Waals surface area contributed by atoms with Gasteiger partial charge in [-0.1, -0.05) is 17.8 Å². The number of carbonyl (C=O) groups excluding carboxylic acids is 1. The van der Waals surface area contributed by atoms with Crippen molar-refractivity contribution in [2.24, 2.45) is 0 Å². The number of aromatic nitrogens is 4. The van der Waals surface area contributed by atoms with E-state index < -0.39 is 15.7 Å². The predicted molar refractivity (Wildman–Crippen MR) is 85.0 cm³/mol. The molecule has 1 aliphatic heterocycles. The zero-order valence-electron chi connectivity index (χ0n) is 12.4. The Balaban J connectivity index is 1.60. The number of nitrogens with zero attached hydrogens (tertiary/aromatic N) is 4. The fourth-order valence-corrected chi connectivity index (χ4v) is 4.72. The molecular weight excluding hydrogens is 357 g/mol. The van der Waals surface area contributed by atoms with E-state index in [1.165, 1.54) is 22.9 Å². The largest absolute Gasteiger partial charge is 0.352 e. The van der Waals surface area contributed by atoms with Crippen LogP contribution in [0.1, 0.15) is 6.42 Å². The number of benzene rings is 1. The molecule has 1 fully saturated rings. The van der Waals surface area contributed by atoms with E-state index in [0.29, 0.717) is 17.3 Å². The number of tetrazole rings is 1. The SMILES string of the molecule is O=C(CSc1nnnn1-c1cccc(F)c1)N[C@@H]1CCS(=O)(=O)C1. The zero-order chi connectivity index (χ0) is 17.2. The monoisotopic (exact) mass is 371 g/mol. The number of halogens is 1. The molecule has 1 atom stereocenters. The molecule has 128 valence electrons. The van der Waals surface area contributed by atoms with E-state index in [1.807, 2.05) is 0 Å². The van der Waals surface area contributed by atoms with E-state index in [1.54, 1.807) is 6.07 Å². The first kappa shape index (κ1) is 16.8. The lowest BCUT2D eigenvalue weighted by Crippen LogP contribution is -2.36. The van der Waals surface area contributed by atoms with Crippen LogP contribution in [0.3, 0.4) is 0 Å². The minimum atomic E-state index is -3.04. The molecule has 1 aromatic carbocycles. The summed E-state index contributed by atoms with van der Waals surface area (Å²) >= 11 is 1.09. The number of amides is 1. The van der Waals surface area contributed by atoms with Crippen molar-refractivity contribution in [2.45, 2.75) is 17.6 Å². The molecule has 24 heavy (non-hydrogen) atoms. The molecule has 0 unspecified atom stereocenters. The Morgan fingerprint density at radius 1 is 1.46 bits per heavy atom. The van der Waals surface area contributed by atoms with Crippen molar-refractivity contribution in [1.29, 1.82) is 0 Å². The lowest BCUT2D eigenvalue weighted by molar-refractivity contribution is -0.119. The summed E-state index contributed by atoms with van der Waals surface area (Å²) in [6.07, 6.45) is 0.430. The van der Waals surface area contributed by atoms with Gasteiger partial charge >= 0.3 is 0 Å². The molecule has 0 spiro atoms. The molecule has 0 saturated carbocycles. The van der Waals surface area contributed by atoms with Crippen molar-refractivity contribution >= 4 is 27.5 Å².